The molecule has 160 valence electrons. The summed E-state index contributed by atoms with van der Waals surface area (Å²) in [6.45, 7) is 7.25. The summed E-state index contributed by atoms with van der Waals surface area (Å²) in [4.78, 5) is 46.2. The molecular weight excluding hydrogens is 388 g/mol. The molecule has 0 fully saturated rings. The van der Waals surface area contributed by atoms with Crippen molar-refractivity contribution in [2.45, 2.75) is 45.8 Å². The molecule has 0 aliphatic rings. The number of hydrogen-bond acceptors (Lipinski definition) is 9. The molecule has 1 amide bonds. The van der Waals surface area contributed by atoms with Crippen LogP contribution in [0.15, 0.2) is 24.3 Å². The van der Waals surface area contributed by atoms with Crippen LogP contribution < -0.4 is 10.1 Å². The van der Waals surface area contributed by atoms with Crippen LogP contribution in [-0.2, 0) is 19.0 Å². The summed E-state index contributed by atoms with van der Waals surface area (Å²) in [5, 5.41) is 13.0. The van der Waals surface area contributed by atoms with Crippen molar-refractivity contribution >= 4 is 23.9 Å². The molecule has 0 aliphatic carbocycles. The standard InChI is InChI=1S/C18H24N2O9/c1-6-26-14(21)18(5,19-15(22)29-17(2,3)4)11-27-16(23)28-13-9-7-12(8-10-13)20(24)25/h7-10H,6,11H2,1-5H3,(H,19,22). The van der Waals surface area contributed by atoms with Gasteiger partial charge in [0, 0.05) is 12.1 Å². The lowest BCUT2D eigenvalue weighted by atomic mass is 10.0. The van der Waals surface area contributed by atoms with Crippen molar-refractivity contribution in [3.8, 4) is 5.75 Å². The summed E-state index contributed by atoms with van der Waals surface area (Å²) < 4.78 is 19.8. The number of benzene rings is 1. The topological polar surface area (TPSA) is 143 Å². The van der Waals surface area contributed by atoms with E-state index in [2.05, 4.69) is 5.32 Å². The SMILES string of the molecule is CCOC(=O)C(C)(COC(=O)Oc1ccc([N+](=O)[O-])cc1)NC(=O)OC(C)(C)C. The Morgan fingerprint density at radius 3 is 2.14 bits per heavy atom. The van der Waals surface area contributed by atoms with Gasteiger partial charge in [-0.1, -0.05) is 0 Å². The predicted molar refractivity (Wildman–Crippen MR) is 99.5 cm³/mol. The summed E-state index contributed by atoms with van der Waals surface area (Å²) >= 11 is 0. The average Bonchev–Trinajstić information content (AvgIpc) is 2.59. The van der Waals surface area contributed by atoms with Crippen LogP contribution in [-0.4, -0.2) is 47.5 Å². The van der Waals surface area contributed by atoms with Gasteiger partial charge in [-0.05, 0) is 46.8 Å². The minimum Gasteiger partial charge on any atom is -0.464 e. The van der Waals surface area contributed by atoms with Crippen molar-refractivity contribution in [2.75, 3.05) is 13.2 Å². The highest BCUT2D eigenvalue weighted by Crippen LogP contribution is 2.18. The van der Waals surface area contributed by atoms with Crippen molar-refractivity contribution in [3.05, 3.63) is 34.4 Å². The maximum atomic E-state index is 12.2. The van der Waals surface area contributed by atoms with Crippen molar-refractivity contribution < 1.29 is 38.3 Å². The molecule has 1 atom stereocenters. The molecule has 11 nitrogen and oxygen atoms in total. The van der Waals surface area contributed by atoms with Crippen LogP contribution in [0.4, 0.5) is 15.3 Å². The van der Waals surface area contributed by atoms with Crippen LogP contribution in [0.2, 0.25) is 0 Å². The van der Waals surface area contributed by atoms with Gasteiger partial charge in [-0.2, -0.15) is 0 Å². The molecule has 0 spiro atoms. The van der Waals surface area contributed by atoms with Gasteiger partial charge in [0.2, 0.25) is 0 Å². The number of nitrogens with zero attached hydrogens (tertiary/aromatic N) is 1. The third-order valence-corrected chi connectivity index (χ3v) is 3.23. The number of nitro groups is 1. The Balaban J connectivity index is 2.77. The fourth-order valence-corrected chi connectivity index (χ4v) is 1.93. The number of nitro benzene ring substituents is 1. The molecule has 29 heavy (non-hydrogen) atoms. The van der Waals surface area contributed by atoms with E-state index in [9.17, 15) is 24.5 Å². The quantitative estimate of drug-likeness (QED) is 0.235. The predicted octanol–water partition coefficient (Wildman–Crippen LogP) is 2.96. The Hall–Kier alpha value is -3.37. The van der Waals surface area contributed by atoms with E-state index in [-0.39, 0.29) is 18.0 Å². The van der Waals surface area contributed by atoms with Gasteiger partial charge in [-0.3, -0.25) is 10.1 Å². The molecule has 1 aromatic rings. The first-order valence-corrected chi connectivity index (χ1v) is 8.64. The van der Waals surface area contributed by atoms with E-state index in [4.69, 9.17) is 18.9 Å². The lowest BCUT2D eigenvalue weighted by molar-refractivity contribution is -0.384. The molecule has 0 saturated carbocycles. The second-order valence-electron chi connectivity index (χ2n) is 7.07. The van der Waals surface area contributed by atoms with E-state index in [1.807, 2.05) is 0 Å². The number of amides is 1. The zero-order chi connectivity index (χ0) is 22.2. The second-order valence-corrected chi connectivity index (χ2v) is 7.07. The zero-order valence-corrected chi connectivity index (χ0v) is 16.8. The smallest absolute Gasteiger partial charge is 0.464 e. The third-order valence-electron chi connectivity index (χ3n) is 3.23. The minimum absolute atomic E-state index is 0.00135. The number of carbonyl (C=O) groups excluding carboxylic acids is 3. The number of carbonyl (C=O) groups is 3. The van der Waals surface area contributed by atoms with E-state index in [0.29, 0.717) is 0 Å². The van der Waals surface area contributed by atoms with Crippen molar-refractivity contribution in [3.63, 3.8) is 0 Å². The molecule has 0 bridgehead atoms. The molecule has 0 aliphatic heterocycles. The second kappa shape index (κ2) is 9.71. The highest BCUT2D eigenvalue weighted by atomic mass is 16.7. The molecule has 0 saturated heterocycles. The Bertz CT molecular complexity index is 756. The number of non-ortho nitro benzene ring substituents is 1. The normalized spacial score (nSPS) is 12.9. The third kappa shape index (κ3) is 8.03. The maximum Gasteiger partial charge on any atom is 0.513 e. The first-order valence-electron chi connectivity index (χ1n) is 8.64. The number of nitrogens with one attached hydrogen (secondary N) is 1. The van der Waals surface area contributed by atoms with Crippen molar-refractivity contribution in [1.82, 2.24) is 5.32 Å². The molecule has 11 heteroatoms. The van der Waals surface area contributed by atoms with E-state index in [0.717, 1.165) is 12.1 Å². The molecule has 1 unspecified atom stereocenters. The highest BCUT2D eigenvalue weighted by molar-refractivity contribution is 5.86. The van der Waals surface area contributed by atoms with E-state index >= 15 is 0 Å². The summed E-state index contributed by atoms with van der Waals surface area (Å²) in [7, 11) is 0. The van der Waals surface area contributed by atoms with Crippen LogP contribution in [0.1, 0.15) is 34.6 Å². The van der Waals surface area contributed by atoms with Gasteiger partial charge in [0.25, 0.3) is 5.69 Å². The number of rotatable bonds is 7. The van der Waals surface area contributed by atoms with E-state index < -0.39 is 40.9 Å². The molecule has 0 radical (unpaired) electrons. The van der Waals surface area contributed by atoms with Crippen LogP contribution >= 0.6 is 0 Å². The Kier molecular flexibility index (Phi) is 7.93. The lowest BCUT2D eigenvalue weighted by Crippen LogP contribution is -2.57. The van der Waals surface area contributed by atoms with Gasteiger partial charge in [0.15, 0.2) is 5.54 Å². The van der Waals surface area contributed by atoms with Crippen molar-refractivity contribution in [2.24, 2.45) is 0 Å². The van der Waals surface area contributed by atoms with Gasteiger partial charge in [-0.15, -0.1) is 0 Å². The zero-order valence-electron chi connectivity index (χ0n) is 16.8. The Labute approximate surface area is 167 Å². The van der Waals surface area contributed by atoms with Gasteiger partial charge >= 0.3 is 18.2 Å². The van der Waals surface area contributed by atoms with Gasteiger partial charge in [-0.25, -0.2) is 14.4 Å². The molecule has 1 N–H and O–H groups in total. The van der Waals surface area contributed by atoms with Gasteiger partial charge < -0.3 is 24.3 Å². The van der Waals surface area contributed by atoms with Crippen LogP contribution in [0.3, 0.4) is 0 Å². The van der Waals surface area contributed by atoms with Crippen LogP contribution in [0.25, 0.3) is 0 Å². The number of alkyl carbamates (subject to hydrolysis) is 1. The number of ether oxygens (including phenoxy) is 4. The number of esters is 1. The van der Waals surface area contributed by atoms with Crippen LogP contribution in [0.5, 0.6) is 5.75 Å². The highest BCUT2D eigenvalue weighted by Gasteiger charge is 2.40. The average molecular weight is 412 g/mol. The summed E-state index contributed by atoms with van der Waals surface area (Å²) in [6.07, 6.45) is -2.08. The summed E-state index contributed by atoms with van der Waals surface area (Å²) in [5.74, 6) is -0.840. The first-order chi connectivity index (χ1) is 13.4. The first kappa shape index (κ1) is 23.7. The monoisotopic (exact) mass is 412 g/mol. The Morgan fingerprint density at radius 2 is 1.66 bits per heavy atom. The molecule has 1 rings (SSSR count). The largest absolute Gasteiger partial charge is 0.513 e. The fraction of sp³-hybridized carbons (Fsp3) is 0.500. The fourth-order valence-electron chi connectivity index (χ4n) is 1.93. The Morgan fingerprint density at radius 1 is 1.07 bits per heavy atom. The maximum absolute atomic E-state index is 12.2. The summed E-state index contributed by atoms with van der Waals surface area (Å²) in [5.41, 5.74) is -2.72. The molecule has 0 aromatic heterocycles. The minimum atomic E-state index is -1.73. The van der Waals surface area contributed by atoms with Gasteiger partial charge in [0.05, 0.1) is 11.5 Å². The summed E-state index contributed by atoms with van der Waals surface area (Å²) in [6, 6.07) is 4.72. The van der Waals surface area contributed by atoms with Crippen LogP contribution in [0, 0.1) is 10.1 Å². The lowest BCUT2D eigenvalue weighted by Gasteiger charge is -2.29. The van der Waals surface area contributed by atoms with Gasteiger partial charge in [0.1, 0.15) is 18.0 Å². The molecular formula is C18H24N2O9. The van der Waals surface area contributed by atoms with Crippen molar-refractivity contribution in [1.29, 1.82) is 0 Å². The molecule has 1 aromatic carbocycles. The molecule has 0 heterocycles. The van der Waals surface area contributed by atoms with E-state index in [1.54, 1.807) is 27.7 Å². The number of hydrogen-bond donors (Lipinski definition) is 1. The van der Waals surface area contributed by atoms with E-state index in [1.165, 1.54) is 19.1 Å².